The molecule has 2 saturated carbocycles. The van der Waals surface area contributed by atoms with Crippen LogP contribution in [0, 0.1) is 10.8 Å². The van der Waals surface area contributed by atoms with Gasteiger partial charge in [-0.15, -0.1) is 11.6 Å². The second-order valence-electron chi connectivity index (χ2n) is 14.7. The smallest absolute Gasteiger partial charge is 0.662 e. The van der Waals surface area contributed by atoms with Gasteiger partial charge in [0.15, 0.2) is 0 Å². The van der Waals surface area contributed by atoms with Crippen LogP contribution in [0.5, 0.6) is 0 Å². The van der Waals surface area contributed by atoms with Crippen molar-refractivity contribution in [2.75, 3.05) is 32.8 Å². The molecule has 2 aromatic rings. The summed E-state index contributed by atoms with van der Waals surface area (Å²) in [4.78, 5) is 57.1. The van der Waals surface area contributed by atoms with E-state index in [1.807, 2.05) is 67.7 Å². The molecule has 2 atom stereocenters. The molecule has 5 rings (SSSR count). The molecule has 0 bridgehead atoms. The zero-order valence-electron chi connectivity index (χ0n) is 34.2. The Bertz CT molecular complexity index is 1760. The third-order valence-electron chi connectivity index (χ3n) is 9.05. The number of aliphatic imine (C=N–C) groups is 2. The van der Waals surface area contributed by atoms with Crippen LogP contribution in [0.15, 0.2) is 70.6 Å². The standard InChI is InChI=1S/C21H29ClN2O4.C16H20N2O2.CH4O3S.CH2O3.K/c1-20(2,3)28-19(26)24-16(12-21(10-11-21)17(13-22)23-4)18(25)27-14-15-8-6-5-7-9-15;1-17-14-10-18-13(9-16(14)7-8-16)15(19)20-11-12-5-3-2-4-6-12;1-5(2,3)4;2-1-4-3;/h5-9,16H,10-14H2,1-4H3,(H,24,26);2-6,13,18H,7-11H2,1H3;1H3,(H,2,3,4);1,3H;/q;;;;+1/p-1/t16-;13-;;;/m00.../s1. The number of rotatable bonds is 12. The van der Waals surface area contributed by atoms with E-state index in [1.54, 1.807) is 27.8 Å². The Morgan fingerprint density at radius 2 is 1.50 bits per heavy atom. The number of nitrogens with zero attached hydrogens (tertiary/aromatic N) is 2. The van der Waals surface area contributed by atoms with Crippen molar-refractivity contribution >= 4 is 57.6 Å². The SMILES string of the molecule is CN=C(CCl)C1(C[C@H](NC(=O)OC(C)(C)C)C(=O)OCc2ccccc2)CC1.CN=C1CN[C@H](C(=O)OCc2ccccc2)CC12CC2.CS(=O)(=O)O.O=CO[O-].[K+]. The fourth-order valence-corrected chi connectivity index (χ4v) is 6.41. The van der Waals surface area contributed by atoms with Gasteiger partial charge in [-0.05, 0) is 70.4 Å². The van der Waals surface area contributed by atoms with E-state index < -0.39 is 33.8 Å². The first kappa shape index (κ1) is 53.2. The number of amides is 1. The summed E-state index contributed by atoms with van der Waals surface area (Å²) in [5.74, 6) is -0.337. The number of esters is 2. The number of hydrogen-bond donors (Lipinski definition) is 3. The van der Waals surface area contributed by atoms with E-state index in [0.717, 1.165) is 48.9 Å². The molecule has 316 valence electrons. The van der Waals surface area contributed by atoms with Crippen LogP contribution in [0.4, 0.5) is 4.79 Å². The van der Waals surface area contributed by atoms with E-state index in [-0.39, 0.29) is 87.3 Å². The topological polar surface area (TPSA) is 231 Å². The summed E-state index contributed by atoms with van der Waals surface area (Å²) in [7, 11) is -0.132. The largest absolute Gasteiger partial charge is 1.00 e. The predicted octanol–water partition coefficient (Wildman–Crippen LogP) is 0.988. The van der Waals surface area contributed by atoms with Crippen LogP contribution in [-0.4, -0.2) is 99.4 Å². The van der Waals surface area contributed by atoms with Gasteiger partial charge < -0.3 is 29.7 Å². The third-order valence-corrected chi connectivity index (χ3v) is 9.30. The minimum absolute atomic E-state index is 0. The Hall–Kier alpha value is -2.78. The number of alkyl halides is 1. The van der Waals surface area contributed by atoms with Crippen molar-refractivity contribution < 1.29 is 108 Å². The number of piperidine rings is 1. The monoisotopic (exact) mass is 876 g/mol. The molecule has 1 saturated heterocycles. The molecular formula is C39H54ClKN4O12S. The first-order valence-electron chi connectivity index (χ1n) is 18.1. The second kappa shape index (κ2) is 25.8. The summed E-state index contributed by atoms with van der Waals surface area (Å²) in [6.07, 6.45) is 5.36. The molecule has 1 aliphatic heterocycles. The van der Waals surface area contributed by atoms with E-state index >= 15 is 0 Å². The van der Waals surface area contributed by atoms with Gasteiger partial charge in [0.05, 0.1) is 12.1 Å². The summed E-state index contributed by atoms with van der Waals surface area (Å²) < 4.78 is 42.1. The van der Waals surface area contributed by atoms with Gasteiger partial charge in [-0.25, -0.2) is 9.59 Å². The molecule has 2 aromatic carbocycles. The van der Waals surface area contributed by atoms with Crippen molar-refractivity contribution in [3.8, 4) is 0 Å². The van der Waals surface area contributed by atoms with Crippen LogP contribution in [0.25, 0.3) is 0 Å². The maximum Gasteiger partial charge on any atom is 1.00 e. The number of benzene rings is 2. The number of alkyl carbamates (subject to hydrolysis) is 1. The molecule has 0 aromatic heterocycles. The average molecular weight is 877 g/mol. The molecule has 0 radical (unpaired) electrons. The van der Waals surface area contributed by atoms with Gasteiger partial charge in [-0.1, -0.05) is 60.7 Å². The summed E-state index contributed by atoms with van der Waals surface area (Å²) in [5.41, 5.74) is 3.23. The zero-order chi connectivity index (χ0) is 42.7. The minimum Gasteiger partial charge on any atom is -0.662 e. The first-order valence-corrected chi connectivity index (χ1v) is 20.5. The predicted molar refractivity (Wildman–Crippen MR) is 212 cm³/mol. The van der Waals surface area contributed by atoms with Crippen molar-refractivity contribution in [2.45, 2.75) is 90.2 Å². The van der Waals surface area contributed by atoms with Crippen molar-refractivity contribution in [3.63, 3.8) is 0 Å². The fourth-order valence-electron chi connectivity index (χ4n) is 6.01. The van der Waals surface area contributed by atoms with Gasteiger partial charge in [-0.3, -0.25) is 29.4 Å². The molecule has 0 unspecified atom stereocenters. The number of nitrogens with one attached hydrogen (secondary N) is 2. The summed E-state index contributed by atoms with van der Waals surface area (Å²) in [5, 5.41) is 14.4. The third kappa shape index (κ3) is 20.5. The summed E-state index contributed by atoms with van der Waals surface area (Å²) >= 11 is 6.03. The number of halogens is 1. The molecule has 3 N–H and O–H groups in total. The van der Waals surface area contributed by atoms with Gasteiger partial charge in [0.2, 0.25) is 0 Å². The number of carbonyl (C=O) groups excluding carboxylic acids is 4. The van der Waals surface area contributed by atoms with Crippen LogP contribution in [0.1, 0.15) is 70.4 Å². The molecule has 2 aliphatic carbocycles. The summed E-state index contributed by atoms with van der Waals surface area (Å²) in [6.45, 7) is 6.33. The quantitative estimate of drug-likeness (QED) is 0.0311. The number of carbonyl (C=O) groups is 4. The van der Waals surface area contributed by atoms with E-state index in [2.05, 4.69) is 25.5 Å². The summed E-state index contributed by atoms with van der Waals surface area (Å²) in [6, 6.07) is 18.2. The maximum atomic E-state index is 12.8. The van der Waals surface area contributed by atoms with Gasteiger partial charge in [0, 0.05) is 42.9 Å². The number of ether oxygens (including phenoxy) is 3. The number of hydrogen-bond acceptors (Lipinski definition) is 14. The Morgan fingerprint density at radius 3 is 1.90 bits per heavy atom. The van der Waals surface area contributed by atoms with Crippen molar-refractivity contribution in [2.24, 2.45) is 20.8 Å². The van der Waals surface area contributed by atoms with E-state index in [9.17, 15) is 22.8 Å². The average Bonchev–Trinajstić information content (AvgIpc) is 4.11. The Morgan fingerprint density at radius 1 is 1.00 bits per heavy atom. The van der Waals surface area contributed by atoms with E-state index in [0.29, 0.717) is 31.7 Å². The van der Waals surface area contributed by atoms with Crippen molar-refractivity contribution in [1.29, 1.82) is 0 Å². The normalized spacial score (nSPS) is 18.3. The molecule has 58 heavy (non-hydrogen) atoms. The van der Waals surface area contributed by atoms with E-state index in [1.165, 1.54) is 5.71 Å². The van der Waals surface area contributed by atoms with Gasteiger partial charge in [0.25, 0.3) is 16.6 Å². The second-order valence-corrected chi connectivity index (χ2v) is 16.4. The van der Waals surface area contributed by atoms with Gasteiger partial charge >= 0.3 is 69.4 Å². The fraction of sp³-hybridized carbons (Fsp3) is 0.538. The molecular weight excluding hydrogens is 823 g/mol. The van der Waals surface area contributed by atoms with Crippen LogP contribution in [0.2, 0.25) is 0 Å². The van der Waals surface area contributed by atoms with Crippen LogP contribution >= 0.6 is 11.6 Å². The minimum atomic E-state index is -3.67. The van der Waals surface area contributed by atoms with Crippen LogP contribution in [-0.2, 0) is 56.8 Å². The van der Waals surface area contributed by atoms with Crippen molar-refractivity contribution in [1.82, 2.24) is 10.6 Å². The first-order chi connectivity index (χ1) is 26.8. The van der Waals surface area contributed by atoms with Crippen LogP contribution < -0.4 is 67.3 Å². The van der Waals surface area contributed by atoms with Gasteiger partial charge in [-0.2, -0.15) is 8.42 Å². The molecule has 19 heteroatoms. The molecule has 3 aliphatic rings. The van der Waals surface area contributed by atoms with Gasteiger partial charge in [0.1, 0.15) is 30.9 Å². The maximum absolute atomic E-state index is 12.8. The zero-order valence-corrected chi connectivity index (χ0v) is 38.9. The van der Waals surface area contributed by atoms with E-state index in [4.69, 9.17) is 40.4 Å². The molecule has 3 fully saturated rings. The Labute approximate surface area is 388 Å². The van der Waals surface area contributed by atoms with Crippen LogP contribution in [0.3, 0.4) is 0 Å². The molecule has 16 nitrogen and oxygen atoms in total. The molecule has 1 heterocycles. The Balaban J connectivity index is 0.000000486. The van der Waals surface area contributed by atoms with Crippen molar-refractivity contribution in [3.05, 3.63) is 71.8 Å². The molecule has 1 amide bonds. The Kier molecular flexibility index (Phi) is 23.6. The molecule has 1 spiro atoms.